The largest absolute Gasteiger partial charge is 0.497 e. The molecule has 0 aliphatic heterocycles. The molecular weight excluding hydrogens is 352 g/mol. The van der Waals surface area contributed by atoms with Crippen molar-refractivity contribution >= 4 is 17.4 Å². The van der Waals surface area contributed by atoms with Crippen LogP contribution in [0.4, 0.5) is 0 Å². The Morgan fingerprint density at radius 1 is 0.607 bits per heavy atom. The first-order valence-corrected chi connectivity index (χ1v) is 8.83. The fourth-order valence-electron chi connectivity index (χ4n) is 2.82. The predicted molar refractivity (Wildman–Crippen MR) is 111 cm³/mol. The standard InChI is InChI=1S/C24H22O4/c1-26-20-10-4-17(5-11-20)16-23(18-6-12-21(27-2)13-7-18)24(25)19-8-14-22(28-3)15-9-19/h4-16H,1-3H3/b23-16+. The van der Waals surface area contributed by atoms with Gasteiger partial charge >= 0.3 is 0 Å². The van der Waals surface area contributed by atoms with Crippen molar-refractivity contribution in [1.82, 2.24) is 0 Å². The minimum atomic E-state index is -0.0661. The predicted octanol–water partition coefficient (Wildman–Crippen LogP) is 5.14. The lowest BCUT2D eigenvalue weighted by Crippen LogP contribution is -2.03. The van der Waals surface area contributed by atoms with Crippen molar-refractivity contribution in [2.24, 2.45) is 0 Å². The molecule has 0 fully saturated rings. The van der Waals surface area contributed by atoms with Crippen molar-refractivity contribution in [2.75, 3.05) is 21.3 Å². The van der Waals surface area contributed by atoms with Crippen LogP contribution in [0.1, 0.15) is 21.5 Å². The summed E-state index contributed by atoms with van der Waals surface area (Å²) in [7, 11) is 4.84. The van der Waals surface area contributed by atoms with Gasteiger partial charge in [-0.15, -0.1) is 0 Å². The molecular formula is C24H22O4. The number of carbonyl (C=O) groups excluding carboxylic acids is 1. The Balaban J connectivity index is 2.03. The fourth-order valence-corrected chi connectivity index (χ4v) is 2.82. The summed E-state index contributed by atoms with van der Waals surface area (Å²) in [6.07, 6.45) is 1.88. The lowest BCUT2D eigenvalue weighted by atomic mass is 9.94. The second kappa shape index (κ2) is 8.91. The Kier molecular flexibility index (Phi) is 6.12. The monoisotopic (exact) mass is 374 g/mol. The number of ketones is 1. The quantitative estimate of drug-likeness (QED) is 0.326. The molecule has 0 N–H and O–H groups in total. The van der Waals surface area contributed by atoms with Gasteiger partial charge in [-0.1, -0.05) is 24.3 Å². The van der Waals surface area contributed by atoms with E-state index in [4.69, 9.17) is 14.2 Å². The van der Waals surface area contributed by atoms with Crippen LogP contribution in [-0.2, 0) is 0 Å². The van der Waals surface area contributed by atoms with Crippen molar-refractivity contribution in [3.05, 3.63) is 89.5 Å². The summed E-state index contributed by atoms with van der Waals surface area (Å²) in [6.45, 7) is 0. The molecule has 0 aromatic heterocycles. The van der Waals surface area contributed by atoms with Gasteiger partial charge in [0.05, 0.1) is 21.3 Å². The molecule has 3 aromatic rings. The molecule has 3 aromatic carbocycles. The minimum absolute atomic E-state index is 0.0661. The van der Waals surface area contributed by atoms with Gasteiger partial charge in [0, 0.05) is 11.1 Å². The Labute approximate surface area is 165 Å². The zero-order valence-electron chi connectivity index (χ0n) is 16.1. The van der Waals surface area contributed by atoms with E-state index in [-0.39, 0.29) is 5.78 Å². The molecule has 28 heavy (non-hydrogen) atoms. The van der Waals surface area contributed by atoms with Gasteiger partial charge in [0.15, 0.2) is 5.78 Å². The van der Waals surface area contributed by atoms with Crippen LogP contribution in [0.25, 0.3) is 11.6 Å². The average Bonchev–Trinajstić information content (AvgIpc) is 2.77. The summed E-state index contributed by atoms with van der Waals surface area (Å²) < 4.78 is 15.6. The van der Waals surface area contributed by atoms with E-state index in [0.717, 1.165) is 22.6 Å². The van der Waals surface area contributed by atoms with E-state index < -0.39 is 0 Å². The molecule has 142 valence electrons. The van der Waals surface area contributed by atoms with Gasteiger partial charge in [-0.05, 0) is 65.7 Å². The maximum atomic E-state index is 13.3. The SMILES string of the molecule is COc1ccc(/C=C(/C(=O)c2ccc(OC)cc2)c2ccc(OC)cc2)cc1. The van der Waals surface area contributed by atoms with Gasteiger partial charge in [0.2, 0.25) is 0 Å². The zero-order valence-corrected chi connectivity index (χ0v) is 16.1. The number of methoxy groups -OCH3 is 3. The van der Waals surface area contributed by atoms with Crippen molar-refractivity contribution < 1.29 is 19.0 Å². The third-order valence-electron chi connectivity index (χ3n) is 4.42. The van der Waals surface area contributed by atoms with Crippen LogP contribution in [0.5, 0.6) is 17.2 Å². The Morgan fingerprint density at radius 2 is 1.00 bits per heavy atom. The number of rotatable bonds is 7. The number of carbonyl (C=O) groups is 1. The van der Waals surface area contributed by atoms with E-state index in [0.29, 0.717) is 16.9 Å². The molecule has 0 radical (unpaired) electrons. The van der Waals surface area contributed by atoms with Crippen LogP contribution < -0.4 is 14.2 Å². The second-order valence-corrected chi connectivity index (χ2v) is 6.12. The number of benzene rings is 3. The summed E-state index contributed by atoms with van der Waals surface area (Å²) in [5.41, 5.74) is 2.92. The van der Waals surface area contributed by atoms with Crippen molar-refractivity contribution in [3.8, 4) is 17.2 Å². The number of allylic oxidation sites excluding steroid dienone is 1. The lowest BCUT2D eigenvalue weighted by Gasteiger charge is -2.10. The van der Waals surface area contributed by atoms with E-state index in [1.165, 1.54) is 0 Å². The van der Waals surface area contributed by atoms with Crippen LogP contribution in [0.2, 0.25) is 0 Å². The number of hydrogen-bond donors (Lipinski definition) is 0. The van der Waals surface area contributed by atoms with Crippen LogP contribution in [0.15, 0.2) is 72.8 Å². The number of hydrogen-bond acceptors (Lipinski definition) is 4. The summed E-state index contributed by atoms with van der Waals surface area (Å²) in [6, 6.07) is 22.2. The normalized spacial score (nSPS) is 11.0. The van der Waals surface area contributed by atoms with E-state index in [1.54, 1.807) is 45.6 Å². The topological polar surface area (TPSA) is 44.8 Å². The Bertz CT molecular complexity index is 953. The maximum absolute atomic E-state index is 13.3. The Hall–Kier alpha value is -3.53. The van der Waals surface area contributed by atoms with Gasteiger partial charge in [-0.25, -0.2) is 0 Å². The summed E-state index contributed by atoms with van der Waals surface area (Å²) in [5, 5.41) is 0. The van der Waals surface area contributed by atoms with Crippen LogP contribution >= 0.6 is 0 Å². The van der Waals surface area contributed by atoms with E-state index in [2.05, 4.69) is 0 Å². The van der Waals surface area contributed by atoms with Crippen LogP contribution in [0, 0.1) is 0 Å². The second-order valence-electron chi connectivity index (χ2n) is 6.12. The molecule has 0 saturated carbocycles. The lowest BCUT2D eigenvalue weighted by molar-refractivity contribution is 0.105. The van der Waals surface area contributed by atoms with E-state index in [1.807, 2.05) is 54.6 Å². The van der Waals surface area contributed by atoms with Gasteiger partial charge in [-0.3, -0.25) is 4.79 Å². The Morgan fingerprint density at radius 3 is 1.43 bits per heavy atom. The molecule has 0 unspecified atom stereocenters. The molecule has 0 bridgehead atoms. The summed E-state index contributed by atoms with van der Waals surface area (Å²) >= 11 is 0. The first kappa shape index (κ1) is 19.2. The van der Waals surface area contributed by atoms with E-state index >= 15 is 0 Å². The van der Waals surface area contributed by atoms with Gasteiger partial charge < -0.3 is 14.2 Å². The molecule has 4 heteroatoms. The highest BCUT2D eigenvalue weighted by molar-refractivity contribution is 6.32. The van der Waals surface area contributed by atoms with Gasteiger partial charge in [0.25, 0.3) is 0 Å². The zero-order chi connectivity index (χ0) is 19.9. The molecule has 3 rings (SSSR count). The summed E-state index contributed by atoms with van der Waals surface area (Å²) in [4.78, 5) is 13.3. The van der Waals surface area contributed by atoms with Crippen molar-refractivity contribution in [2.45, 2.75) is 0 Å². The third-order valence-corrected chi connectivity index (χ3v) is 4.42. The van der Waals surface area contributed by atoms with Crippen LogP contribution in [0.3, 0.4) is 0 Å². The third kappa shape index (κ3) is 4.41. The fraction of sp³-hybridized carbons (Fsp3) is 0.125. The first-order chi connectivity index (χ1) is 13.6. The molecule has 0 atom stereocenters. The molecule has 0 aliphatic carbocycles. The molecule has 0 spiro atoms. The number of Topliss-reactive ketones (excluding diaryl/α,β-unsaturated/α-hetero) is 1. The molecule has 0 aliphatic rings. The summed E-state index contributed by atoms with van der Waals surface area (Å²) in [5.74, 6) is 2.15. The van der Waals surface area contributed by atoms with Gasteiger partial charge in [0.1, 0.15) is 17.2 Å². The number of ether oxygens (including phenoxy) is 3. The highest BCUT2D eigenvalue weighted by Crippen LogP contribution is 2.26. The maximum Gasteiger partial charge on any atom is 0.193 e. The highest BCUT2D eigenvalue weighted by atomic mass is 16.5. The van der Waals surface area contributed by atoms with Gasteiger partial charge in [-0.2, -0.15) is 0 Å². The smallest absolute Gasteiger partial charge is 0.193 e. The average molecular weight is 374 g/mol. The van der Waals surface area contributed by atoms with Crippen molar-refractivity contribution in [1.29, 1.82) is 0 Å². The highest BCUT2D eigenvalue weighted by Gasteiger charge is 2.15. The molecule has 4 nitrogen and oxygen atoms in total. The minimum Gasteiger partial charge on any atom is -0.497 e. The van der Waals surface area contributed by atoms with Crippen LogP contribution in [-0.4, -0.2) is 27.1 Å². The molecule has 0 heterocycles. The molecule has 0 amide bonds. The molecule has 0 saturated heterocycles. The first-order valence-electron chi connectivity index (χ1n) is 8.83. The van der Waals surface area contributed by atoms with Crippen molar-refractivity contribution in [3.63, 3.8) is 0 Å². The van der Waals surface area contributed by atoms with E-state index in [9.17, 15) is 4.79 Å².